The molecule has 134 valence electrons. The van der Waals surface area contributed by atoms with Crippen molar-refractivity contribution in [2.75, 3.05) is 7.11 Å². The molecular weight excluding hydrogens is 312 g/mol. The minimum Gasteiger partial charge on any atom is -0.392 e. The van der Waals surface area contributed by atoms with Crippen molar-refractivity contribution in [2.45, 2.75) is 62.8 Å². The number of rotatable bonds is 2. The van der Waals surface area contributed by atoms with Crippen molar-refractivity contribution in [3.8, 4) is 11.8 Å². The fraction of sp³-hybridized carbons (Fsp3) is 0.636. The molecular formula is C22H28O3. The molecule has 5 unspecified atom stereocenters. The Morgan fingerprint density at radius 1 is 1.20 bits per heavy atom. The van der Waals surface area contributed by atoms with Crippen molar-refractivity contribution in [1.82, 2.24) is 0 Å². The summed E-state index contributed by atoms with van der Waals surface area (Å²) in [5.41, 5.74) is 2.09. The van der Waals surface area contributed by atoms with Gasteiger partial charge in [-0.2, -0.15) is 0 Å². The molecule has 5 atom stereocenters. The number of methoxy groups -OCH3 is 1. The molecule has 1 aromatic rings. The van der Waals surface area contributed by atoms with Crippen molar-refractivity contribution < 1.29 is 14.9 Å². The van der Waals surface area contributed by atoms with Crippen LogP contribution in [0, 0.1) is 29.6 Å². The van der Waals surface area contributed by atoms with Crippen LogP contribution in [-0.2, 0) is 16.8 Å². The van der Waals surface area contributed by atoms with E-state index in [4.69, 9.17) is 4.74 Å². The van der Waals surface area contributed by atoms with Crippen LogP contribution in [0.5, 0.6) is 0 Å². The van der Waals surface area contributed by atoms with Gasteiger partial charge in [-0.25, -0.2) is 0 Å². The second-order valence-electron chi connectivity index (χ2n) is 7.99. The Hall–Kier alpha value is -1.34. The fourth-order valence-electron chi connectivity index (χ4n) is 5.39. The van der Waals surface area contributed by atoms with Crippen molar-refractivity contribution in [3.05, 3.63) is 35.4 Å². The second kappa shape index (κ2) is 6.76. The number of aliphatic hydroxyl groups is 2. The van der Waals surface area contributed by atoms with Crippen molar-refractivity contribution >= 4 is 0 Å². The normalized spacial score (nSPS) is 35.6. The average molecular weight is 340 g/mol. The highest BCUT2D eigenvalue weighted by Crippen LogP contribution is 2.56. The Bertz CT molecular complexity index is 682. The first kappa shape index (κ1) is 17.1. The van der Waals surface area contributed by atoms with Gasteiger partial charge in [0.15, 0.2) is 0 Å². The summed E-state index contributed by atoms with van der Waals surface area (Å²) in [6.45, 7) is 0. The molecule has 0 aliphatic heterocycles. The van der Waals surface area contributed by atoms with Crippen LogP contribution in [0.2, 0.25) is 0 Å². The zero-order valence-electron chi connectivity index (χ0n) is 14.9. The van der Waals surface area contributed by atoms with Gasteiger partial charge in [0, 0.05) is 19.4 Å². The number of hydrogen-bond donors (Lipinski definition) is 2. The lowest BCUT2D eigenvalue weighted by Crippen LogP contribution is -2.31. The molecule has 25 heavy (non-hydrogen) atoms. The molecule has 3 heteroatoms. The Kier molecular flexibility index (Phi) is 4.62. The van der Waals surface area contributed by atoms with Crippen LogP contribution in [0.15, 0.2) is 24.3 Å². The highest BCUT2D eigenvalue weighted by atomic mass is 16.5. The lowest BCUT2D eigenvalue weighted by Gasteiger charge is -2.29. The van der Waals surface area contributed by atoms with Crippen LogP contribution in [0.4, 0.5) is 0 Å². The quantitative estimate of drug-likeness (QED) is 0.814. The summed E-state index contributed by atoms with van der Waals surface area (Å²) in [6.07, 6.45) is 6.22. The maximum absolute atomic E-state index is 10.7. The monoisotopic (exact) mass is 340 g/mol. The van der Waals surface area contributed by atoms with E-state index >= 15 is 0 Å². The third-order valence-corrected chi connectivity index (χ3v) is 6.73. The highest BCUT2D eigenvalue weighted by molar-refractivity contribution is 5.42. The summed E-state index contributed by atoms with van der Waals surface area (Å²) in [6, 6.07) is 8.38. The third kappa shape index (κ3) is 2.81. The first-order valence-electron chi connectivity index (χ1n) is 9.66. The summed E-state index contributed by atoms with van der Waals surface area (Å²) in [4.78, 5) is 0. The Labute approximate surface area is 150 Å². The number of hydrogen-bond acceptors (Lipinski definition) is 3. The average Bonchev–Trinajstić information content (AvgIpc) is 3.10. The molecule has 0 bridgehead atoms. The van der Waals surface area contributed by atoms with Crippen molar-refractivity contribution in [2.24, 2.45) is 17.8 Å². The van der Waals surface area contributed by atoms with E-state index in [-0.39, 0.29) is 11.8 Å². The smallest absolute Gasteiger partial charge is 0.117 e. The number of benzene rings is 1. The van der Waals surface area contributed by atoms with Crippen LogP contribution < -0.4 is 0 Å². The number of fused-ring (bicyclic) bond motifs is 3. The Morgan fingerprint density at radius 2 is 1.96 bits per heavy atom. The third-order valence-electron chi connectivity index (χ3n) is 6.73. The van der Waals surface area contributed by atoms with E-state index in [0.717, 1.165) is 19.3 Å². The van der Waals surface area contributed by atoms with Gasteiger partial charge in [0.05, 0.1) is 17.6 Å². The predicted octanol–water partition coefficient (Wildman–Crippen LogP) is 3.03. The van der Waals surface area contributed by atoms with Crippen LogP contribution in [0.1, 0.15) is 49.7 Å². The van der Waals surface area contributed by atoms with Gasteiger partial charge in [-0.1, -0.05) is 55.4 Å². The highest BCUT2D eigenvalue weighted by Gasteiger charge is 2.58. The van der Waals surface area contributed by atoms with E-state index in [1.54, 1.807) is 7.11 Å². The van der Waals surface area contributed by atoms with Gasteiger partial charge in [0.1, 0.15) is 6.10 Å². The zero-order valence-corrected chi connectivity index (χ0v) is 14.9. The van der Waals surface area contributed by atoms with Crippen molar-refractivity contribution in [3.63, 3.8) is 0 Å². The molecule has 3 aliphatic carbocycles. The van der Waals surface area contributed by atoms with E-state index < -0.39 is 17.8 Å². The topological polar surface area (TPSA) is 49.7 Å². The van der Waals surface area contributed by atoms with Crippen LogP contribution in [0.25, 0.3) is 0 Å². The molecule has 1 aromatic carbocycles. The Balaban J connectivity index is 1.57. The second-order valence-corrected chi connectivity index (χ2v) is 7.99. The molecule has 0 saturated heterocycles. The van der Waals surface area contributed by atoms with Gasteiger partial charge in [-0.3, -0.25) is 0 Å². The first-order valence-corrected chi connectivity index (χ1v) is 9.66. The van der Waals surface area contributed by atoms with Gasteiger partial charge >= 0.3 is 0 Å². The minimum absolute atomic E-state index is 0.134. The largest absolute Gasteiger partial charge is 0.392 e. The molecule has 3 aliphatic rings. The SMILES string of the molecule is COC12CC(O)C(C#CC(O)C3CCCCC3)C1Cc1ccccc12. The summed E-state index contributed by atoms with van der Waals surface area (Å²) >= 11 is 0. The maximum Gasteiger partial charge on any atom is 0.117 e. The number of aliphatic hydroxyl groups excluding tert-OH is 2. The first-order chi connectivity index (χ1) is 12.2. The molecule has 0 spiro atoms. The van der Waals surface area contributed by atoms with Gasteiger partial charge in [0.2, 0.25) is 0 Å². The van der Waals surface area contributed by atoms with Crippen molar-refractivity contribution in [1.29, 1.82) is 0 Å². The number of ether oxygens (including phenoxy) is 1. The van der Waals surface area contributed by atoms with Gasteiger partial charge < -0.3 is 14.9 Å². The molecule has 4 rings (SSSR count). The lowest BCUT2D eigenvalue weighted by molar-refractivity contribution is -0.0434. The van der Waals surface area contributed by atoms with E-state index in [9.17, 15) is 10.2 Å². The summed E-state index contributed by atoms with van der Waals surface area (Å²) in [7, 11) is 1.74. The molecule has 2 N–H and O–H groups in total. The molecule has 3 nitrogen and oxygen atoms in total. The van der Waals surface area contributed by atoms with E-state index in [0.29, 0.717) is 12.3 Å². The molecule has 0 amide bonds. The molecule has 0 heterocycles. The van der Waals surface area contributed by atoms with Crippen LogP contribution in [0.3, 0.4) is 0 Å². The lowest BCUT2D eigenvalue weighted by atomic mass is 9.84. The molecule has 2 saturated carbocycles. The zero-order chi connectivity index (χ0) is 17.4. The minimum atomic E-state index is -0.561. The molecule has 0 radical (unpaired) electrons. The molecule has 0 aromatic heterocycles. The Morgan fingerprint density at radius 3 is 2.72 bits per heavy atom. The fourth-order valence-corrected chi connectivity index (χ4v) is 5.39. The van der Waals surface area contributed by atoms with E-state index in [1.807, 2.05) is 6.07 Å². The van der Waals surface area contributed by atoms with Gasteiger partial charge in [-0.15, -0.1) is 0 Å². The summed E-state index contributed by atoms with van der Waals surface area (Å²) in [5, 5.41) is 21.1. The molecule has 2 fully saturated rings. The van der Waals surface area contributed by atoms with E-state index in [2.05, 4.69) is 30.0 Å². The summed E-state index contributed by atoms with van der Waals surface area (Å²) < 4.78 is 5.98. The summed E-state index contributed by atoms with van der Waals surface area (Å²) in [5.74, 6) is 6.69. The maximum atomic E-state index is 10.7. The van der Waals surface area contributed by atoms with Crippen LogP contribution >= 0.6 is 0 Å². The standard InChI is InChI=1S/C22H28O3/c1-25-22-14-21(24)17(11-12-20(23)15-7-3-2-4-8-15)19(22)13-16-9-5-6-10-18(16)22/h5-6,9-10,15,17,19-21,23-24H,2-4,7-8,13-14H2,1H3. The van der Waals surface area contributed by atoms with Crippen LogP contribution in [-0.4, -0.2) is 29.5 Å². The van der Waals surface area contributed by atoms with E-state index in [1.165, 1.54) is 30.4 Å². The van der Waals surface area contributed by atoms with Gasteiger partial charge in [0.25, 0.3) is 0 Å². The van der Waals surface area contributed by atoms with Gasteiger partial charge in [-0.05, 0) is 36.3 Å². The predicted molar refractivity (Wildman–Crippen MR) is 96.8 cm³/mol.